The molecule has 1 N–H and O–H groups in total. The van der Waals surface area contributed by atoms with Gasteiger partial charge in [-0.3, -0.25) is 9.59 Å². The van der Waals surface area contributed by atoms with E-state index in [1.807, 2.05) is 51.1 Å². The number of carbonyl (C=O) groups is 2. The van der Waals surface area contributed by atoms with E-state index < -0.39 is 6.04 Å². The Morgan fingerprint density at radius 3 is 2.37 bits per heavy atom. The normalized spacial score (nSPS) is 23.7. The zero-order valence-electron chi connectivity index (χ0n) is 11.6. The van der Waals surface area contributed by atoms with Gasteiger partial charge in [-0.15, -0.1) is 0 Å². The van der Waals surface area contributed by atoms with Crippen molar-refractivity contribution in [3.05, 3.63) is 35.9 Å². The number of nitrogens with one attached hydrogen (secondary N) is 1. The molecule has 1 heterocycles. The monoisotopic (exact) mass is 260 g/mol. The molecule has 19 heavy (non-hydrogen) atoms. The molecular weight excluding hydrogens is 240 g/mol. The summed E-state index contributed by atoms with van der Waals surface area (Å²) in [6, 6.07) is 8.50. The van der Waals surface area contributed by atoms with Gasteiger partial charge in [0.05, 0.1) is 0 Å². The van der Waals surface area contributed by atoms with Crippen LogP contribution < -0.4 is 5.32 Å². The molecule has 0 spiro atoms. The fourth-order valence-corrected chi connectivity index (χ4v) is 2.60. The molecule has 4 nitrogen and oxygen atoms in total. The molecule has 1 aliphatic heterocycles. The summed E-state index contributed by atoms with van der Waals surface area (Å²) in [6.45, 7) is 5.82. The van der Waals surface area contributed by atoms with Crippen LogP contribution in [0.5, 0.6) is 0 Å². The quantitative estimate of drug-likeness (QED) is 0.902. The van der Waals surface area contributed by atoms with Crippen LogP contribution in [-0.2, 0) is 9.59 Å². The highest BCUT2D eigenvalue weighted by atomic mass is 16.2. The van der Waals surface area contributed by atoms with Crippen LogP contribution in [0, 0.1) is 0 Å². The number of carbonyl (C=O) groups excluding carboxylic acids is 2. The van der Waals surface area contributed by atoms with Crippen LogP contribution in [-0.4, -0.2) is 28.8 Å². The van der Waals surface area contributed by atoms with E-state index in [1.165, 1.54) is 0 Å². The van der Waals surface area contributed by atoms with Gasteiger partial charge >= 0.3 is 0 Å². The van der Waals surface area contributed by atoms with E-state index in [9.17, 15) is 9.59 Å². The second-order valence-electron chi connectivity index (χ2n) is 5.12. The fraction of sp³-hybridized carbons (Fsp3) is 0.467. The van der Waals surface area contributed by atoms with Crippen LogP contribution in [0.3, 0.4) is 0 Å². The summed E-state index contributed by atoms with van der Waals surface area (Å²) in [6.07, 6.45) is 0.636. The molecule has 1 aliphatic rings. The smallest absolute Gasteiger partial charge is 0.250 e. The molecule has 0 radical (unpaired) electrons. The van der Waals surface area contributed by atoms with E-state index in [-0.39, 0.29) is 23.9 Å². The number of amides is 2. The lowest BCUT2D eigenvalue weighted by Crippen LogP contribution is -2.61. The Bertz CT molecular complexity index is 470. The summed E-state index contributed by atoms with van der Waals surface area (Å²) in [7, 11) is 0. The molecule has 4 heteroatoms. The third-order valence-electron chi connectivity index (χ3n) is 3.50. The van der Waals surface area contributed by atoms with Crippen molar-refractivity contribution in [1.29, 1.82) is 0 Å². The molecule has 2 rings (SSSR count). The lowest BCUT2D eigenvalue weighted by Gasteiger charge is -2.41. The largest absolute Gasteiger partial charge is 0.339 e. The van der Waals surface area contributed by atoms with Gasteiger partial charge in [0.2, 0.25) is 5.91 Å². The first-order chi connectivity index (χ1) is 9.06. The van der Waals surface area contributed by atoms with Gasteiger partial charge < -0.3 is 10.2 Å². The topological polar surface area (TPSA) is 49.4 Å². The molecule has 102 valence electrons. The summed E-state index contributed by atoms with van der Waals surface area (Å²) in [5.41, 5.74) is 0.834. The summed E-state index contributed by atoms with van der Waals surface area (Å²) in [5, 5.41) is 2.84. The zero-order chi connectivity index (χ0) is 14.0. The summed E-state index contributed by atoms with van der Waals surface area (Å²) in [4.78, 5) is 26.5. The molecule has 0 bridgehead atoms. The van der Waals surface area contributed by atoms with Crippen LogP contribution in [0.2, 0.25) is 0 Å². The number of piperazine rings is 1. The number of rotatable bonds is 3. The molecule has 2 atom stereocenters. The zero-order valence-corrected chi connectivity index (χ0v) is 11.6. The second-order valence-corrected chi connectivity index (χ2v) is 5.12. The van der Waals surface area contributed by atoms with Gasteiger partial charge in [0, 0.05) is 6.04 Å². The van der Waals surface area contributed by atoms with E-state index in [1.54, 1.807) is 4.90 Å². The first-order valence-electron chi connectivity index (χ1n) is 6.73. The lowest BCUT2D eigenvalue weighted by molar-refractivity contribution is -0.151. The van der Waals surface area contributed by atoms with Gasteiger partial charge in [-0.05, 0) is 25.8 Å². The predicted molar refractivity (Wildman–Crippen MR) is 73.4 cm³/mol. The highest BCUT2D eigenvalue weighted by molar-refractivity contribution is 5.97. The Hall–Kier alpha value is -1.84. The van der Waals surface area contributed by atoms with Crippen LogP contribution in [0.4, 0.5) is 0 Å². The van der Waals surface area contributed by atoms with Crippen molar-refractivity contribution in [2.24, 2.45) is 0 Å². The number of nitrogens with zero attached hydrogens (tertiary/aromatic N) is 1. The van der Waals surface area contributed by atoms with Crippen LogP contribution in [0.15, 0.2) is 30.3 Å². The Morgan fingerprint density at radius 1 is 1.21 bits per heavy atom. The summed E-state index contributed by atoms with van der Waals surface area (Å²) >= 11 is 0. The van der Waals surface area contributed by atoms with Gasteiger partial charge in [-0.1, -0.05) is 37.3 Å². The van der Waals surface area contributed by atoms with E-state index in [0.29, 0.717) is 6.42 Å². The third kappa shape index (κ3) is 2.48. The third-order valence-corrected chi connectivity index (χ3v) is 3.50. The average Bonchev–Trinajstić information content (AvgIpc) is 2.41. The van der Waals surface area contributed by atoms with Crippen molar-refractivity contribution in [3.63, 3.8) is 0 Å². The molecule has 1 saturated heterocycles. The number of hydrogen-bond acceptors (Lipinski definition) is 2. The van der Waals surface area contributed by atoms with Gasteiger partial charge in [0.15, 0.2) is 0 Å². The van der Waals surface area contributed by atoms with Crippen LogP contribution in [0.1, 0.15) is 38.8 Å². The maximum Gasteiger partial charge on any atom is 0.250 e. The maximum atomic E-state index is 12.6. The van der Waals surface area contributed by atoms with Gasteiger partial charge in [-0.25, -0.2) is 0 Å². The standard InChI is InChI=1S/C15H20N2O2/c1-4-12-14(18)16-13(11-8-6-5-7-9-11)15(19)17(12)10(2)3/h5-10,12-13H,4H2,1-3H3,(H,16,18). The molecule has 0 saturated carbocycles. The van der Waals surface area contributed by atoms with Gasteiger partial charge in [-0.2, -0.15) is 0 Å². The Balaban J connectivity index is 2.34. The molecule has 1 aromatic rings. The van der Waals surface area contributed by atoms with Crippen molar-refractivity contribution in [1.82, 2.24) is 10.2 Å². The lowest BCUT2D eigenvalue weighted by atomic mass is 9.98. The van der Waals surface area contributed by atoms with E-state index in [4.69, 9.17) is 0 Å². The number of hydrogen-bond donors (Lipinski definition) is 1. The van der Waals surface area contributed by atoms with Crippen molar-refractivity contribution >= 4 is 11.8 Å². The Labute approximate surface area is 113 Å². The highest BCUT2D eigenvalue weighted by Gasteiger charge is 2.41. The van der Waals surface area contributed by atoms with Crippen LogP contribution in [0.25, 0.3) is 0 Å². The minimum absolute atomic E-state index is 0.0207. The second kappa shape index (κ2) is 5.43. The SMILES string of the molecule is CCC1C(=O)NC(c2ccccc2)C(=O)N1C(C)C. The number of benzene rings is 1. The molecule has 1 fully saturated rings. The average molecular weight is 260 g/mol. The van der Waals surface area contributed by atoms with Gasteiger partial charge in [0.1, 0.15) is 12.1 Å². The molecule has 0 aliphatic carbocycles. The molecule has 1 aromatic carbocycles. The minimum atomic E-state index is -0.557. The minimum Gasteiger partial charge on any atom is -0.339 e. The maximum absolute atomic E-state index is 12.6. The van der Waals surface area contributed by atoms with Crippen molar-refractivity contribution in [3.8, 4) is 0 Å². The van der Waals surface area contributed by atoms with E-state index in [2.05, 4.69) is 5.32 Å². The first-order valence-corrected chi connectivity index (χ1v) is 6.73. The Kier molecular flexibility index (Phi) is 3.88. The van der Waals surface area contributed by atoms with Gasteiger partial charge in [0.25, 0.3) is 5.91 Å². The predicted octanol–water partition coefficient (Wildman–Crippen LogP) is 1.87. The summed E-state index contributed by atoms with van der Waals surface area (Å²) in [5.74, 6) is -0.0858. The van der Waals surface area contributed by atoms with E-state index >= 15 is 0 Å². The Morgan fingerprint density at radius 2 is 1.84 bits per heavy atom. The van der Waals surface area contributed by atoms with Crippen molar-refractivity contribution in [2.75, 3.05) is 0 Å². The van der Waals surface area contributed by atoms with E-state index in [0.717, 1.165) is 5.56 Å². The van der Waals surface area contributed by atoms with Crippen molar-refractivity contribution < 1.29 is 9.59 Å². The first kappa shape index (κ1) is 13.6. The fourth-order valence-electron chi connectivity index (χ4n) is 2.60. The molecule has 2 amide bonds. The highest BCUT2D eigenvalue weighted by Crippen LogP contribution is 2.25. The van der Waals surface area contributed by atoms with Crippen molar-refractivity contribution in [2.45, 2.75) is 45.3 Å². The van der Waals surface area contributed by atoms with Crippen LogP contribution >= 0.6 is 0 Å². The molecule has 2 unspecified atom stereocenters. The molecular formula is C15H20N2O2. The molecule has 0 aromatic heterocycles. The summed E-state index contributed by atoms with van der Waals surface area (Å²) < 4.78 is 0.